The van der Waals surface area contributed by atoms with E-state index >= 15 is 0 Å². The van der Waals surface area contributed by atoms with Crippen molar-refractivity contribution in [3.8, 4) is 10.7 Å². The van der Waals surface area contributed by atoms with Crippen molar-refractivity contribution in [3.63, 3.8) is 0 Å². The van der Waals surface area contributed by atoms with Crippen molar-refractivity contribution in [1.29, 1.82) is 0 Å². The summed E-state index contributed by atoms with van der Waals surface area (Å²) in [6.45, 7) is 0. The van der Waals surface area contributed by atoms with E-state index in [0.29, 0.717) is 6.04 Å². The Labute approximate surface area is 113 Å². The maximum absolute atomic E-state index is 13.5. The quantitative estimate of drug-likeness (QED) is 0.771. The highest BCUT2D eigenvalue weighted by atomic mass is 32.1. The number of hydrogen-bond acceptors (Lipinski definition) is 3. The third kappa shape index (κ3) is 1.65. The first-order valence-electron chi connectivity index (χ1n) is 6.25. The second kappa shape index (κ2) is 3.81. The molecular formula is C14H12FN3S. The molecule has 2 heterocycles. The number of imidazole rings is 1. The van der Waals surface area contributed by atoms with E-state index in [2.05, 4.69) is 9.55 Å². The van der Waals surface area contributed by atoms with Crippen molar-refractivity contribution in [2.24, 2.45) is 0 Å². The van der Waals surface area contributed by atoms with Gasteiger partial charge in [-0.15, -0.1) is 11.3 Å². The molecule has 0 radical (unpaired) electrons. The van der Waals surface area contributed by atoms with Gasteiger partial charge in [0.2, 0.25) is 0 Å². The largest absolute Gasteiger partial charge is 0.397 e. The van der Waals surface area contributed by atoms with Crippen LogP contribution in [0.2, 0.25) is 0 Å². The first kappa shape index (κ1) is 11.0. The molecule has 0 aliphatic heterocycles. The van der Waals surface area contributed by atoms with Gasteiger partial charge in [0, 0.05) is 6.04 Å². The van der Waals surface area contributed by atoms with Crippen molar-refractivity contribution in [1.82, 2.24) is 9.55 Å². The molecule has 3 nitrogen and oxygen atoms in total. The molecule has 96 valence electrons. The molecule has 1 aliphatic carbocycles. The van der Waals surface area contributed by atoms with Gasteiger partial charge in [0.1, 0.15) is 5.82 Å². The van der Waals surface area contributed by atoms with E-state index in [-0.39, 0.29) is 5.82 Å². The maximum atomic E-state index is 13.5. The van der Waals surface area contributed by atoms with E-state index in [1.165, 1.54) is 6.07 Å². The number of nitrogens with two attached hydrogens (primary N) is 1. The van der Waals surface area contributed by atoms with Crippen molar-refractivity contribution in [2.75, 3.05) is 5.73 Å². The average Bonchev–Trinajstić information content (AvgIpc) is 3.03. The maximum Gasteiger partial charge on any atom is 0.153 e. The van der Waals surface area contributed by atoms with Crippen LogP contribution < -0.4 is 5.73 Å². The Bertz CT molecular complexity index is 770. The molecule has 0 atom stereocenters. The summed E-state index contributed by atoms with van der Waals surface area (Å²) in [6, 6.07) is 7.07. The van der Waals surface area contributed by atoms with Gasteiger partial charge in [-0.2, -0.15) is 0 Å². The summed E-state index contributed by atoms with van der Waals surface area (Å²) < 4.78 is 15.6. The summed E-state index contributed by atoms with van der Waals surface area (Å²) in [4.78, 5) is 5.62. The van der Waals surface area contributed by atoms with Crippen LogP contribution in [0, 0.1) is 5.82 Å². The minimum absolute atomic E-state index is 0.222. The van der Waals surface area contributed by atoms with Crippen LogP contribution in [0.1, 0.15) is 18.9 Å². The number of anilines is 1. The number of benzene rings is 1. The van der Waals surface area contributed by atoms with E-state index in [9.17, 15) is 4.39 Å². The van der Waals surface area contributed by atoms with E-state index in [1.807, 2.05) is 11.4 Å². The third-order valence-electron chi connectivity index (χ3n) is 3.46. The standard InChI is InChI=1S/C14H12FN3S/c15-8-1-4-11-12(7-8)18(9-2-3-9)14(17-11)13-10(16)5-6-19-13/h1,4-7,9H,2-3,16H2. The second-order valence-corrected chi connectivity index (χ2v) is 5.79. The zero-order valence-electron chi connectivity index (χ0n) is 10.1. The molecule has 0 unspecified atom stereocenters. The molecule has 4 rings (SSSR count). The highest BCUT2D eigenvalue weighted by molar-refractivity contribution is 7.14. The van der Waals surface area contributed by atoms with Gasteiger partial charge in [0.25, 0.3) is 0 Å². The summed E-state index contributed by atoms with van der Waals surface area (Å²) in [5, 5.41) is 1.96. The van der Waals surface area contributed by atoms with Crippen LogP contribution in [0.5, 0.6) is 0 Å². The third-order valence-corrected chi connectivity index (χ3v) is 4.39. The van der Waals surface area contributed by atoms with Crippen LogP contribution in [-0.2, 0) is 0 Å². The smallest absolute Gasteiger partial charge is 0.153 e. The topological polar surface area (TPSA) is 43.8 Å². The van der Waals surface area contributed by atoms with E-state index in [4.69, 9.17) is 5.73 Å². The second-order valence-electron chi connectivity index (χ2n) is 4.87. The Hall–Kier alpha value is -1.88. The average molecular weight is 273 g/mol. The van der Waals surface area contributed by atoms with Gasteiger partial charge in [-0.25, -0.2) is 9.37 Å². The Morgan fingerprint density at radius 1 is 1.32 bits per heavy atom. The Morgan fingerprint density at radius 2 is 2.16 bits per heavy atom. The molecule has 1 saturated carbocycles. The number of nitrogens with zero attached hydrogens (tertiary/aromatic N) is 2. The van der Waals surface area contributed by atoms with Crippen molar-refractivity contribution >= 4 is 28.1 Å². The molecule has 0 saturated heterocycles. The van der Waals surface area contributed by atoms with Crippen molar-refractivity contribution in [3.05, 3.63) is 35.5 Å². The summed E-state index contributed by atoms with van der Waals surface area (Å²) >= 11 is 1.58. The fraction of sp³-hybridized carbons (Fsp3) is 0.214. The van der Waals surface area contributed by atoms with Gasteiger partial charge in [-0.1, -0.05) is 0 Å². The van der Waals surface area contributed by atoms with Gasteiger partial charge in [-0.3, -0.25) is 0 Å². The number of hydrogen-bond donors (Lipinski definition) is 1. The molecule has 1 fully saturated rings. The normalized spacial score (nSPS) is 15.2. The van der Waals surface area contributed by atoms with Crippen LogP contribution in [-0.4, -0.2) is 9.55 Å². The first-order valence-corrected chi connectivity index (χ1v) is 7.13. The van der Waals surface area contributed by atoms with E-state index < -0.39 is 0 Å². The number of halogens is 1. The van der Waals surface area contributed by atoms with Crippen molar-refractivity contribution in [2.45, 2.75) is 18.9 Å². The lowest BCUT2D eigenvalue weighted by atomic mass is 10.3. The number of aromatic nitrogens is 2. The number of nitrogen functional groups attached to an aromatic ring is 1. The molecule has 0 amide bonds. The minimum atomic E-state index is -0.222. The van der Waals surface area contributed by atoms with Crippen LogP contribution >= 0.6 is 11.3 Å². The molecule has 1 aromatic carbocycles. The monoisotopic (exact) mass is 273 g/mol. The lowest BCUT2D eigenvalue weighted by Crippen LogP contribution is -1.98. The first-order chi connectivity index (χ1) is 9.24. The van der Waals surface area contributed by atoms with Gasteiger partial charge in [0.05, 0.1) is 21.6 Å². The Kier molecular flexibility index (Phi) is 2.20. The predicted molar refractivity (Wildman–Crippen MR) is 75.7 cm³/mol. The van der Waals surface area contributed by atoms with Crippen LogP contribution in [0.3, 0.4) is 0 Å². The molecular weight excluding hydrogens is 261 g/mol. The minimum Gasteiger partial charge on any atom is -0.397 e. The molecule has 2 N–H and O–H groups in total. The SMILES string of the molecule is Nc1ccsc1-c1nc2ccc(F)cc2n1C1CC1. The van der Waals surface area contributed by atoms with Crippen LogP contribution in [0.25, 0.3) is 21.7 Å². The Balaban J connectivity index is 2.05. The number of rotatable bonds is 2. The zero-order chi connectivity index (χ0) is 13.0. The summed E-state index contributed by atoms with van der Waals surface area (Å²) in [5.41, 5.74) is 8.43. The Morgan fingerprint density at radius 3 is 2.84 bits per heavy atom. The molecule has 0 bridgehead atoms. The lowest BCUT2D eigenvalue weighted by molar-refractivity contribution is 0.628. The zero-order valence-corrected chi connectivity index (χ0v) is 11.0. The molecule has 0 spiro atoms. The van der Waals surface area contributed by atoms with Crippen molar-refractivity contribution < 1.29 is 4.39 Å². The van der Waals surface area contributed by atoms with Crippen LogP contribution in [0.4, 0.5) is 10.1 Å². The van der Waals surface area contributed by atoms with Gasteiger partial charge < -0.3 is 10.3 Å². The fourth-order valence-electron chi connectivity index (χ4n) is 2.43. The lowest BCUT2D eigenvalue weighted by Gasteiger charge is -2.06. The highest BCUT2D eigenvalue weighted by Crippen LogP contribution is 2.43. The predicted octanol–water partition coefficient (Wildman–Crippen LogP) is 3.82. The van der Waals surface area contributed by atoms with E-state index in [0.717, 1.165) is 40.3 Å². The highest BCUT2D eigenvalue weighted by Gasteiger charge is 2.29. The van der Waals surface area contributed by atoms with Gasteiger partial charge in [-0.05, 0) is 42.5 Å². The fourth-order valence-corrected chi connectivity index (χ4v) is 3.23. The summed E-state index contributed by atoms with van der Waals surface area (Å²) in [7, 11) is 0. The molecule has 1 aliphatic rings. The molecule has 5 heteroatoms. The number of fused-ring (bicyclic) bond motifs is 1. The van der Waals surface area contributed by atoms with Gasteiger partial charge >= 0.3 is 0 Å². The molecule has 3 aromatic rings. The van der Waals surface area contributed by atoms with E-state index in [1.54, 1.807) is 23.5 Å². The molecule has 19 heavy (non-hydrogen) atoms. The van der Waals surface area contributed by atoms with Crippen LogP contribution in [0.15, 0.2) is 29.6 Å². The van der Waals surface area contributed by atoms with Gasteiger partial charge in [0.15, 0.2) is 5.82 Å². The summed E-state index contributed by atoms with van der Waals surface area (Å²) in [6.07, 6.45) is 2.25. The summed E-state index contributed by atoms with van der Waals surface area (Å²) in [5.74, 6) is 0.649. The number of thiophene rings is 1. The molecule has 2 aromatic heterocycles.